The second-order valence-electron chi connectivity index (χ2n) is 8.36. The molecular weight excluding hydrogens is 396 g/mol. The molecule has 2 unspecified atom stereocenters. The van der Waals surface area contributed by atoms with Gasteiger partial charge in [0.2, 0.25) is 0 Å². The van der Waals surface area contributed by atoms with Gasteiger partial charge in [0.1, 0.15) is 19.3 Å². The Morgan fingerprint density at radius 3 is 1.90 bits per heavy atom. The first-order valence-corrected chi connectivity index (χ1v) is 12.3. The highest BCUT2D eigenvalue weighted by molar-refractivity contribution is 5.69. The average molecular weight is 443 g/mol. The molecule has 2 atom stereocenters. The van der Waals surface area contributed by atoms with Crippen LogP contribution in [-0.2, 0) is 19.1 Å². The number of rotatable bonds is 22. The molecule has 0 aliphatic rings. The second-order valence-corrected chi connectivity index (χ2v) is 8.36. The molecule has 0 fully saturated rings. The van der Waals surface area contributed by atoms with Crippen LogP contribution in [0.3, 0.4) is 0 Å². The van der Waals surface area contributed by atoms with Crippen molar-refractivity contribution in [2.24, 2.45) is 0 Å². The zero-order chi connectivity index (χ0) is 23.2. The van der Waals surface area contributed by atoms with Crippen molar-refractivity contribution in [3.63, 3.8) is 0 Å². The Morgan fingerprint density at radius 2 is 1.26 bits per heavy atom. The summed E-state index contributed by atoms with van der Waals surface area (Å²) in [6.07, 6.45) is 15.0. The number of aliphatic hydroxyl groups is 2. The highest BCUT2D eigenvalue weighted by Crippen LogP contribution is 2.12. The lowest BCUT2D eigenvalue weighted by molar-refractivity contribution is -0.152. The van der Waals surface area contributed by atoms with Gasteiger partial charge in [-0.25, -0.2) is 0 Å². The third-order valence-electron chi connectivity index (χ3n) is 5.22. The Labute approximate surface area is 189 Å². The number of hydrogen-bond acceptors (Lipinski definition) is 6. The van der Waals surface area contributed by atoms with Crippen LogP contribution in [-0.4, -0.2) is 47.6 Å². The van der Waals surface area contributed by atoms with E-state index in [4.69, 9.17) is 9.47 Å². The average Bonchev–Trinajstić information content (AvgIpc) is 2.75. The zero-order valence-electron chi connectivity index (χ0n) is 19.7. The number of unbranched alkanes of at least 4 members (excludes halogenated alkanes) is 9. The van der Waals surface area contributed by atoms with Gasteiger partial charge in [-0.05, 0) is 38.5 Å². The summed E-state index contributed by atoms with van der Waals surface area (Å²) in [5, 5.41) is 19.7. The minimum atomic E-state index is -1.01. The summed E-state index contributed by atoms with van der Waals surface area (Å²) >= 11 is 0. The number of hydrogen-bond donors (Lipinski definition) is 2. The smallest absolute Gasteiger partial charge is 0.305 e. The van der Waals surface area contributed by atoms with Crippen molar-refractivity contribution in [2.45, 2.75) is 122 Å². The van der Waals surface area contributed by atoms with E-state index in [1.54, 1.807) is 0 Å². The molecule has 2 N–H and O–H groups in total. The molecule has 0 aliphatic heterocycles. The van der Waals surface area contributed by atoms with Crippen molar-refractivity contribution < 1.29 is 29.3 Å². The monoisotopic (exact) mass is 442 g/mol. The third-order valence-corrected chi connectivity index (χ3v) is 5.22. The van der Waals surface area contributed by atoms with Crippen LogP contribution in [0.25, 0.3) is 0 Å². The quantitative estimate of drug-likeness (QED) is 0.135. The molecule has 31 heavy (non-hydrogen) atoms. The maximum Gasteiger partial charge on any atom is 0.305 e. The van der Waals surface area contributed by atoms with Gasteiger partial charge in [0.15, 0.2) is 0 Å². The summed E-state index contributed by atoms with van der Waals surface area (Å²) in [6.45, 7) is 5.52. The van der Waals surface area contributed by atoms with Gasteiger partial charge in [-0.1, -0.05) is 64.4 Å². The lowest BCUT2D eigenvalue weighted by atomic mass is 10.0. The van der Waals surface area contributed by atoms with Crippen LogP contribution in [0.15, 0.2) is 12.7 Å². The number of ether oxygens (including phenoxy) is 2. The summed E-state index contributed by atoms with van der Waals surface area (Å²) in [5.41, 5.74) is 0. The van der Waals surface area contributed by atoms with Crippen LogP contribution in [0.4, 0.5) is 0 Å². The number of esters is 2. The Hall–Kier alpha value is -1.40. The highest BCUT2D eigenvalue weighted by atomic mass is 16.6. The Morgan fingerprint density at radius 1 is 0.742 bits per heavy atom. The molecule has 0 aromatic heterocycles. The van der Waals surface area contributed by atoms with E-state index in [0.29, 0.717) is 19.3 Å². The SMILES string of the molecule is C=CCCCCCCCC(=O)OCC(O)COC(=O)CCCC(O)CCCCCCC. The standard InChI is InChI=1S/C25H46O6/c1-3-5-7-9-10-12-14-18-24(28)30-20-23(27)21-31-25(29)19-15-17-22(26)16-13-11-8-6-4-2/h3,22-23,26-27H,1,4-21H2,2H3. The first kappa shape index (κ1) is 29.6. The fourth-order valence-corrected chi connectivity index (χ4v) is 3.27. The van der Waals surface area contributed by atoms with E-state index >= 15 is 0 Å². The van der Waals surface area contributed by atoms with E-state index in [2.05, 4.69) is 13.5 Å². The molecule has 6 nitrogen and oxygen atoms in total. The van der Waals surface area contributed by atoms with Crippen molar-refractivity contribution in [3.05, 3.63) is 12.7 Å². The molecule has 0 saturated heterocycles. The normalized spacial score (nSPS) is 12.9. The Bertz CT molecular complexity index is 451. The minimum absolute atomic E-state index is 0.164. The van der Waals surface area contributed by atoms with Gasteiger partial charge >= 0.3 is 11.9 Å². The van der Waals surface area contributed by atoms with Crippen molar-refractivity contribution in [2.75, 3.05) is 13.2 Å². The maximum absolute atomic E-state index is 11.7. The lowest BCUT2D eigenvalue weighted by Crippen LogP contribution is -2.25. The van der Waals surface area contributed by atoms with Crippen LogP contribution in [0.5, 0.6) is 0 Å². The molecule has 0 heterocycles. The van der Waals surface area contributed by atoms with Gasteiger partial charge in [-0.2, -0.15) is 0 Å². The van der Waals surface area contributed by atoms with Crippen LogP contribution in [0, 0.1) is 0 Å². The molecule has 0 aliphatic carbocycles. The van der Waals surface area contributed by atoms with Crippen molar-refractivity contribution >= 4 is 11.9 Å². The molecule has 0 amide bonds. The zero-order valence-corrected chi connectivity index (χ0v) is 19.7. The van der Waals surface area contributed by atoms with Gasteiger partial charge in [0, 0.05) is 12.8 Å². The number of carbonyl (C=O) groups excluding carboxylic acids is 2. The Kier molecular flexibility index (Phi) is 20.8. The number of carbonyl (C=O) groups is 2. The van der Waals surface area contributed by atoms with Gasteiger partial charge in [0.25, 0.3) is 0 Å². The molecule has 0 saturated carbocycles. The summed E-state index contributed by atoms with van der Waals surface area (Å²) in [6, 6.07) is 0. The fraction of sp³-hybridized carbons (Fsp3) is 0.840. The molecule has 0 bridgehead atoms. The predicted molar refractivity (Wildman–Crippen MR) is 124 cm³/mol. The molecule has 0 spiro atoms. The van der Waals surface area contributed by atoms with E-state index in [-0.39, 0.29) is 31.7 Å². The lowest BCUT2D eigenvalue weighted by Gasteiger charge is -2.13. The highest BCUT2D eigenvalue weighted by Gasteiger charge is 2.13. The first-order chi connectivity index (χ1) is 15.0. The fourth-order valence-electron chi connectivity index (χ4n) is 3.27. The van der Waals surface area contributed by atoms with Gasteiger partial charge < -0.3 is 19.7 Å². The van der Waals surface area contributed by atoms with Crippen LogP contribution in [0.2, 0.25) is 0 Å². The summed E-state index contributed by atoms with van der Waals surface area (Å²) in [4.78, 5) is 23.4. The minimum Gasteiger partial charge on any atom is -0.463 e. The predicted octanol–water partition coefficient (Wildman–Crippen LogP) is 5.24. The molecule has 0 rings (SSSR count). The third kappa shape index (κ3) is 21.6. The first-order valence-electron chi connectivity index (χ1n) is 12.3. The van der Waals surface area contributed by atoms with Gasteiger partial charge in [-0.15, -0.1) is 6.58 Å². The molecular formula is C25H46O6. The molecule has 0 aromatic carbocycles. The van der Waals surface area contributed by atoms with E-state index in [1.807, 2.05) is 6.08 Å². The summed E-state index contributed by atoms with van der Waals surface area (Å²) in [7, 11) is 0. The summed E-state index contributed by atoms with van der Waals surface area (Å²) in [5.74, 6) is -0.739. The van der Waals surface area contributed by atoms with Crippen molar-refractivity contribution in [1.29, 1.82) is 0 Å². The van der Waals surface area contributed by atoms with E-state index in [9.17, 15) is 19.8 Å². The second kappa shape index (κ2) is 21.8. The number of allylic oxidation sites excluding steroid dienone is 1. The van der Waals surface area contributed by atoms with Crippen LogP contribution < -0.4 is 0 Å². The molecule has 0 aromatic rings. The van der Waals surface area contributed by atoms with Gasteiger partial charge in [0.05, 0.1) is 6.10 Å². The largest absolute Gasteiger partial charge is 0.463 e. The molecule has 0 radical (unpaired) electrons. The molecule has 182 valence electrons. The van der Waals surface area contributed by atoms with E-state index in [0.717, 1.165) is 57.8 Å². The Balaban J connectivity index is 3.58. The van der Waals surface area contributed by atoms with Crippen molar-refractivity contribution in [1.82, 2.24) is 0 Å². The van der Waals surface area contributed by atoms with E-state index in [1.165, 1.54) is 19.3 Å². The topological polar surface area (TPSA) is 93.1 Å². The van der Waals surface area contributed by atoms with Crippen LogP contribution >= 0.6 is 0 Å². The van der Waals surface area contributed by atoms with Crippen LogP contribution in [0.1, 0.15) is 110 Å². The maximum atomic E-state index is 11.7. The molecule has 6 heteroatoms. The van der Waals surface area contributed by atoms with Crippen molar-refractivity contribution in [3.8, 4) is 0 Å². The van der Waals surface area contributed by atoms with Gasteiger partial charge in [-0.3, -0.25) is 9.59 Å². The number of aliphatic hydroxyl groups excluding tert-OH is 2. The summed E-state index contributed by atoms with van der Waals surface area (Å²) < 4.78 is 10.0. The van der Waals surface area contributed by atoms with E-state index < -0.39 is 12.1 Å².